The number of para-hydroxylation sites is 1. The fourth-order valence-corrected chi connectivity index (χ4v) is 10.3. The Bertz CT molecular complexity index is 2730. The molecule has 4 heterocycles. The number of likely N-dealkylation sites (tertiary alicyclic amines) is 3. The maximum absolute atomic E-state index is 14.7. The molecule has 9 atom stereocenters. The van der Waals surface area contributed by atoms with E-state index >= 15 is 0 Å². The van der Waals surface area contributed by atoms with Gasteiger partial charge in [0, 0.05) is 56.0 Å². The second-order valence-electron chi connectivity index (χ2n) is 20.7. The number of hydrogen-bond acceptors (Lipinski definition) is 13. The number of aromatic amines is 1. The molecule has 3 saturated heterocycles. The number of benzene rings is 2. The van der Waals surface area contributed by atoms with E-state index in [0.717, 1.165) is 10.9 Å². The first-order chi connectivity index (χ1) is 37.0. The molecule has 0 radical (unpaired) electrons. The average Bonchev–Trinajstić information content (AvgIpc) is 4.27. The molecule has 25 nitrogen and oxygen atoms in total. The lowest BCUT2D eigenvalue weighted by molar-refractivity contribution is -0.149. The molecule has 3 fully saturated rings. The van der Waals surface area contributed by atoms with Crippen LogP contribution in [0.1, 0.15) is 96.1 Å². The van der Waals surface area contributed by atoms with Crippen molar-refractivity contribution in [2.24, 2.45) is 17.4 Å². The standard InChI is InChI=1S/C53H71N11O14/c1-28(2)23-39(53(77)78)61-49(73)40-11-6-20-62(40)51(75)38(25-31-27-56-35-10-5-4-9-33(31)35)60-48(72)41-12-7-21-63(41)52(76)42-13-8-22-64(42)50(74)36(18-19-44(67)68)58-45(69)29(3)57-47(71)37(24-30-14-16-32(65)17-15-30)59-46(70)34(54)26-43(55)66/h4-5,9-10,14-17,27-29,34,36-42,56,65H,6-8,11-13,18-26,54H2,1-3H3,(H2,55,66)(H,57,71)(H,58,69)(H,59,70)(H,60,72)(H,61,73)(H,67,68)(H,77,78)/t29-,34-,36-,37-,38-,39-,40-,41-,42-/m0/s1. The van der Waals surface area contributed by atoms with E-state index in [1.165, 1.54) is 45.9 Å². The molecule has 0 spiro atoms. The van der Waals surface area contributed by atoms with Crippen molar-refractivity contribution >= 4 is 76.0 Å². The summed E-state index contributed by atoms with van der Waals surface area (Å²) >= 11 is 0. The second-order valence-corrected chi connectivity index (χ2v) is 20.7. The van der Waals surface area contributed by atoms with Gasteiger partial charge in [-0.2, -0.15) is 0 Å². The minimum atomic E-state index is -1.50. The zero-order chi connectivity index (χ0) is 57.0. The minimum Gasteiger partial charge on any atom is -0.508 e. The highest BCUT2D eigenvalue weighted by molar-refractivity contribution is 5.99. The molecule has 3 aliphatic rings. The molecule has 3 aromatic rings. The number of carbonyl (C=O) groups excluding carboxylic acids is 9. The zero-order valence-corrected chi connectivity index (χ0v) is 43.9. The molecule has 9 amide bonds. The lowest BCUT2D eigenvalue weighted by atomic mass is 10.0. The third-order valence-corrected chi connectivity index (χ3v) is 14.3. The number of nitrogens with one attached hydrogen (secondary N) is 6. The first-order valence-corrected chi connectivity index (χ1v) is 26.3. The van der Waals surface area contributed by atoms with E-state index in [4.69, 9.17) is 11.5 Å². The number of amides is 9. The molecule has 3 aliphatic heterocycles. The number of aliphatic carboxylic acids is 2. The van der Waals surface area contributed by atoms with Crippen molar-refractivity contribution < 1.29 is 68.1 Å². The Labute approximate surface area is 449 Å². The number of aromatic hydroxyl groups is 1. The highest BCUT2D eigenvalue weighted by atomic mass is 16.4. The van der Waals surface area contributed by atoms with Gasteiger partial charge in [0.25, 0.3) is 0 Å². The quantitative estimate of drug-likeness (QED) is 0.0499. The van der Waals surface area contributed by atoms with Crippen LogP contribution in [0, 0.1) is 5.92 Å². The number of hydrogen-bond donors (Lipinski definition) is 11. The smallest absolute Gasteiger partial charge is 0.326 e. The van der Waals surface area contributed by atoms with Crippen LogP contribution in [0.2, 0.25) is 0 Å². The number of aromatic nitrogens is 1. The Hall–Kier alpha value is -8.09. The second kappa shape index (κ2) is 26.8. The first-order valence-electron chi connectivity index (χ1n) is 26.3. The van der Waals surface area contributed by atoms with Gasteiger partial charge in [-0.3, -0.25) is 47.9 Å². The highest BCUT2D eigenvalue weighted by Crippen LogP contribution is 2.28. The fourth-order valence-electron chi connectivity index (χ4n) is 10.3. The molecule has 6 rings (SSSR count). The van der Waals surface area contributed by atoms with Crippen molar-refractivity contribution in [2.45, 2.75) is 152 Å². The van der Waals surface area contributed by atoms with Crippen LogP contribution in [0.25, 0.3) is 10.9 Å². The number of fused-ring (bicyclic) bond motifs is 1. The first kappa shape index (κ1) is 59.2. The maximum atomic E-state index is 14.7. The molecule has 0 bridgehead atoms. The Morgan fingerprint density at radius 1 is 0.654 bits per heavy atom. The van der Waals surface area contributed by atoms with E-state index in [2.05, 4.69) is 31.6 Å². The van der Waals surface area contributed by atoms with Crippen LogP contribution in [0.4, 0.5) is 0 Å². The molecule has 13 N–H and O–H groups in total. The minimum absolute atomic E-state index is 0.00802. The summed E-state index contributed by atoms with van der Waals surface area (Å²) in [7, 11) is 0. The van der Waals surface area contributed by atoms with Crippen LogP contribution in [0.5, 0.6) is 5.75 Å². The van der Waals surface area contributed by atoms with Gasteiger partial charge in [-0.1, -0.05) is 44.2 Å². The summed E-state index contributed by atoms with van der Waals surface area (Å²) in [6.07, 6.45) is 2.02. The lowest BCUT2D eigenvalue weighted by Crippen LogP contribution is -2.60. The lowest BCUT2D eigenvalue weighted by Gasteiger charge is -2.34. The Balaban J connectivity index is 1.16. The van der Waals surface area contributed by atoms with Gasteiger partial charge in [0.1, 0.15) is 54.1 Å². The van der Waals surface area contributed by atoms with Gasteiger partial charge >= 0.3 is 11.9 Å². The predicted octanol–water partition coefficient (Wildman–Crippen LogP) is -0.726. The van der Waals surface area contributed by atoms with Crippen LogP contribution >= 0.6 is 0 Å². The molecule has 0 aliphatic carbocycles. The van der Waals surface area contributed by atoms with E-state index in [1.54, 1.807) is 6.20 Å². The van der Waals surface area contributed by atoms with Gasteiger partial charge in [0.15, 0.2) is 0 Å². The number of carboxylic acid groups (broad SMARTS) is 2. The normalized spacial score (nSPS) is 19.5. The van der Waals surface area contributed by atoms with Crippen LogP contribution in [0.3, 0.4) is 0 Å². The van der Waals surface area contributed by atoms with E-state index in [-0.39, 0.29) is 69.8 Å². The highest BCUT2D eigenvalue weighted by Gasteiger charge is 2.46. The molecule has 0 unspecified atom stereocenters. The summed E-state index contributed by atoms with van der Waals surface area (Å²) in [4.78, 5) is 155. The van der Waals surface area contributed by atoms with Crippen LogP contribution in [-0.4, -0.2) is 174 Å². The predicted molar refractivity (Wildman–Crippen MR) is 279 cm³/mol. The van der Waals surface area contributed by atoms with Gasteiger partial charge in [-0.05, 0) is 93.5 Å². The van der Waals surface area contributed by atoms with E-state index < -0.39 is 139 Å². The van der Waals surface area contributed by atoms with Gasteiger partial charge in [0.2, 0.25) is 53.2 Å². The van der Waals surface area contributed by atoms with E-state index in [1.807, 2.05) is 38.1 Å². The largest absolute Gasteiger partial charge is 0.508 e. The molecular formula is C53H71N11O14. The molecule has 25 heteroatoms. The van der Waals surface area contributed by atoms with Crippen LogP contribution in [0.15, 0.2) is 54.7 Å². The number of H-pyrrole nitrogens is 1. The number of carboxylic acids is 2. The molecule has 2 aromatic carbocycles. The van der Waals surface area contributed by atoms with Gasteiger partial charge in [-0.25, -0.2) is 4.79 Å². The van der Waals surface area contributed by atoms with Crippen molar-refractivity contribution in [3.8, 4) is 5.75 Å². The summed E-state index contributed by atoms with van der Waals surface area (Å²) in [6, 6.07) is 1.75. The Morgan fingerprint density at radius 3 is 1.83 bits per heavy atom. The van der Waals surface area contributed by atoms with E-state index in [0.29, 0.717) is 30.4 Å². The van der Waals surface area contributed by atoms with Crippen LogP contribution in [-0.2, 0) is 65.6 Å². The summed E-state index contributed by atoms with van der Waals surface area (Å²) in [5, 5.41) is 43.0. The monoisotopic (exact) mass is 1090 g/mol. The summed E-state index contributed by atoms with van der Waals surface area (Å²) < 4.78 is 0. The van der Waals surface area contributed by atoms with Crippen LogP contribution < -0.4 is 38.1 Å². The molecule has 422 valence electrons. The summed E-state index contributed by atoms with van der Waals surface area (Å²) in [5.74, 6) is -9.38. The number of carbonyl (C=O) groups is 11. The number of phenolic OH excluding ortho intramolecular Hbond substituents is 1. The number of rotatable bonds is 25. The number of phenols is 1. The molecular weight excluding hydrogens is 1010 g/mol. The fraction of sp³-hybridized carbons (Fsp3) is 0.528. The van der Waals surface area contributed by atoms with Crippen molar-refractivity contribution in [1.29, 1.82) is 0 Å². The van der Waals surface area contributed by atoms with Gasteiger partial charge < -0.3 is 73.1 Å². The third-order valence-electron chi connectivity index (χ3n) is 14.3. The maximum Gasteiger partial charge on any atom is 0.326 e. The third kappa shape index (κ3) is 15.3. The van der Waals surface area contributed by atoms with E-state index in [9.17, 15) is 68.1 Å². The van der Waals surface area contributed by atoms with Crippen molar-refractivity contribution in [2.75, 3.05) is 19.6 Å². The molecule has 1 aromatic heterocycles. The molecule has 78 heavy (non-hydrogen) atoms. The topological polar surface area (TPSA) is 386 Å². The van der Waals surface area contributed by atoms with Gasteiger partial charge in [0.05, 0.1) is 12.5 Å². The number of nitrogens with two attached hydrogens (primary N) is 2. The Morgan fingerprint density at radius 2 is 1.22 bits per heavy atom. The number of primary amides is 1. The summed E-state index contributed by atoms with van der Waals surface area (Å²) in [6.45, 7) is 5.26. The number of nitrogens with zero attached hydrogens (tertiary/aromatic N) is 3. The van der Waals surface area contributed by atoms with Crippen molar-refractivity contribution in [3.63, 3.8) is 0 Å². The van der Waals surface area contributed by atoms with Gasteiger partial charge in [-0.15, -0.1) is 0 Å². The Kier molecular flexibility index (Phi) is 20.3. The molecule has 0 saturated carbocycles. The SMILES string of the molecule is CC(C)C[C@H](NC(=O)[C@@H]1CCCN1C(=O)[C@H](Cc1c[nH]c2ccccc12)NC(=O)[C@@H]1CCCN1C(=O)[C@@H]1CCCN1C(=O)[C@H](CCC(=O)O)NC(=O)[C@H](C)NC(=O)[C@H](Cc1ccc(O)cc1)NC(=O)[C@@H](N)CC(N)=O)C(=O)O. The summed E-state index contributed by atoms with van der Waals surface area (Å²) in [5.41, 5.74) is 13.0. The average molecular weight is 1090 g/mol. The van der Waals surface area contributed by atoms with Crippen molar-refractivity contribution in [1.82, 2.24) is 46.3 Å². The zero-order valence-electron chi connectivity index (χ0n) is 43.9. The van der Waals surface area contributed by atoms with Crippen molar-refractivity contribution in [3.05, 3.63) is 65.9 Å².